The molecule has 2 heterocycles. The number of hydrogen-bond acceptors (Lipinski definition) is 2. The van der Waals surface area contributed by atoms with Gasteiger partial charge in [0.05, 0.1) is 0 Å². The van der Waals surface area contributed by atoms with Crippen molar-refractivity contribution >= 4 is 0 Å². The normalized spacial score (nSPS) is 13.3. The van der Waals surface area contributed by atoms with E-state index >= 15 is 0 Å². The van der Waals surface area contributed by atoms with E-state index in [0.29, 0.717) is 11.3 Å². The zero-order valence-corrected chi connectivity index (χ0v) is 20.0. The summed E-state index contributed by atoms with van der Waals surface area (Å²) in [5.41, 5.74) is 4.94. The van der Waals surface area contributed by atoms with E-state index in [1.54, 1.807) is 24.3 Å². The van der Waals surface area contributed by atoms with Crippen LogP contribution in [0.2, 0.25) is 0 Å². The Hall–Kier alpha value is -3.39. The molecule has 0 bridgehead atoms. The first-order valence-electron chi connectivity index (χ1n) is 13.1. The third-order valence-electron chi connectivity index (χ3n) is 4.74. The van der Waals surface area contributed by atoms with Crippen molar-refractivity contribution in [1.82, 2.24) is 9.97 Å². The maximum absolute atomic E-state index is 7.50. The van der Waals surface area contributed by atoms with Gasteiger partial charge in [0.2, 0.25) is 0 Å². The molecule has 0 spiro atoms. The number of aryl methyl sites for hydroxylation is 2. The third-order valence-corrected chi connectivity index (χ3v) is 4.74. The fourth-order valence-corrected chi connectivity index (χ4v) is 3.10. The number of benzene rings is 3. The van der Waals surface area contributed by atoms with Crippen LogP contribution >= 0.6 is 0 Å². The Morgan fingerprint density at radius 1 is 0.636 bits per heavy atom. The van der Waals surface area contributed by atoms with Crippen LogP contribution in [0.3, 0.4) is 0 Å². The predicted octanol–water partition coefficient (Wildman–Crippen LogP) is 7.38. The van der Waals surface area contributed by atoms with E-state index in [9.17, 15) is 0 Å². The summed E-state index contributed by atoms with van der Waals surface area (Å²) in [7, 11) is 0. The minimum absolute atomic E-state index is 0. The van der Waals surface area contributed by atoms with Crippen LogP contribution in [-0.2, 0) is 20.1 Å². The van der Waals surface area contributed by atoms with Gasteiger partial charge in [-0.3, -0.25) is 0 Å². The SMILES string of the molecule is [2H]C([2H])([2H])c1cnc(-c2[c-]cccc2)cc1C([2H])([2H])[2H].[Ir].[c-]1ccccc1-c1cc(-c2ccccc2)ccn1. The summed E-state index contributed by atoms with van der Waals surface area (Å²) in [5, 5.41) is 0. The minimum atomic E-state index is -2.50. The molecule has 0 saturated carbocycles. The number of rotatable bonds is 3. The van der Waals surface area contributed by atoms with E-state index in [1.165, 1.54) is 17.2 Å². The molecule has 0 aliphatic rings. The summed E-state index contributed by atoms with van der Waals surface area (Å²) in [5.74, 6) is 0. The van der Waals surface area contributed by atoms with Crippen LogP contribution in [0.5, 0.6) is 0 Å². The second-order valence-corrected chi connectivity index (χ2v) is 6.96. The molecule has 2 nitrogen and oxygen atoms in total. The van der Waals surface area contributed by atoms with Gasteiger partial charge in [-0.2, -0.15) is 0 Å². The molecule has 5 rings (SSSR count). The number of hydrogen-bond donors (Lipinski definition) is 0. The van der Waals surface area contributed by atoms with Crippen molar-refractivity contribution in [1.29, 1.82) is 0 Å². The number of nitrogens with zero attached hydrogens (tertiary/aromatic N) is 2. The predicted molar refractivity (Wildman–Crippen MR) is 132 cm³/mol. The Morgan fingerprint density at radius 3 is 1.88 bits per heavy atom. The molecular formula is C30H24IrN2-2. The molecule has 0 saturated heterocycles. The summed E-state index contributed by atoms with van der Waals surface area (Å²) in [6.07, 6.45) is 2.96. The van der Waals surface area contributed by atoms with Crippen molar-refractivity contribution in [3.8, 4) is 33.6 Å². The fourth-order valence-electron chi connectivity index (χ4n) is 3.10. The Balaban J connectivity index is 0.000000211. The monoisotopic (exact) mass is 611 g/mol. The van der Waals surface area contributed by atoms with E-state index in [1.807, 2.05) is 54.7 Å². The van der Waals surface area contributed by atoms with Gasteiger partial charge in [-0.15, -0.1) is 71.8 Å². The maximum atomic E-state index is 7.50. The Labute approximate surface area is 218 Å². The van der Waals surface area contributed by atoms with Gasteiger partial charge in [-0.25, -0.2) is 0 Å². The summed E-state index contributed by atoms with van der Waals surface area (Å²) in [6.45, 7) is -5.01. The molecule has 0 N–H and O–H groups in total. The van der Waals surface area contributed by atoms with Gasteiger partial charge in [0, 0.05) is 40.7 Å². The van der Waals surface area contributed by atoms with E-state index in [-0.39, 0.29) is 31.2 Å². The molecule has 3 heteroatoms. The smallest absolute Gasteiger partial charge is 0.0280 e. The van der Waals surface area contributed by atoms with Crippen molar-refractivity contribution < 1.29 is 28.3 Å². The van der Waals surface area contributed by atoms with Crippen molar-refractivity contribution in [2.75, 3.05) is 0 Å². The van der Waals surface area contributed by atoms with Crippen molar-refractivity contribution in [3.05, 3.63) is 133 Å². The topological polar surface area (TPSA) is 25.8 Å². The van der Waals surface area contributed by atoms with Crippen molar-refractivity contribution in [2.24, 2.45) is 0 Å². The molecule has 1 radical (unpaired) electrons. The van der Waals surface area contributed by atoms with Crippen LogP contribution in [-0.4, -0.2) is 9.97 Å². The average molecular weight is 611 g/mol. The molecule has 5 aromatic rings. The molecule has 33 heavy (non-hydrogen) atoms. The standard InChI is InChI=1S/C17H12N.C13H12N.Ir/c1-3-7-14(8-4-1)16-11-12-18-17(13-16)15-9-5-2-6-10-15;1-10-8-13(14-9-11(10)2)12-6-4-3-5-7-12;/h1-9,11-13H;3-6,8-9H,1-2H3;/q2*-1;/i;1D3,2D3;. The zero-order valence-electron chi connectivity index (χ0n) is 23.6. The molecule has 0 amide bonds. The fraction of sp³-hybridized carbons (Fsp3) is 0.0667. The van der Waals surface area contributed by atoms with E-state index in [4.69, 9.17) is 8.22 Å². The number of pyridine rings is 2. The molecule has 2 aromatic heterocycles. The van der Waals surface area contributed by atoms with Gasteiger partial charge in [-0.1, -0.05) is 48.0 Å². The Kier molecular flexibility index (Phi) is 6.24. The molecule has 0 aliphatic carbocycles. The van der Waals surface area contributed by atoms with Gasteiger partial charge in [0.15, 0.2) is 0 Å². The van der Waals surface area contributed by atoms with Crippen molar-refractivity contribution in [2.45, 2.75) is 13.7 Å². The van der Waals surface area contributed by atoms with Gasteiger partial charge in [0.25, 0.3) is 0 Å². The quantitative estimate of drug-likeness (QED) is 0.199. The van der Waals surface area contributed by atoms with Gasteiger partial charge >= 0.3 is 0 Å². The van der Waals surface area contributed by atoms with Crippen LogP contribution in [0, 0.1) is 25.8 Å². The third kappa shape index (κ3) is 6.55. The first kappa shape index (κ1) is 17.1. The molecular weight excluding hydrogens is 581 g/mol. The van der Waals surface area contributed by atoms with Crippen molar-refractivity contribution in [3.63, 3.8) is 0 Å². The Morgan fingerprint density at radius 2 is 1.27 bits per heavy atom. The molecule has 0 aliphatic heterocycles. The molecule has 3 aromatic carbocycles. The summed E-state index contributed by atoms with van der Waals surface area (Å²) >= 11 is 0. The first-order valence-corrected chi connectivity index (χ1v) is 10.1. The molecule has 165 valence electrons. The van der Waals surface area contributed by atoms with Gasteiger partial charge < -0.3 is 9.97 Å². The molecule has 0 atom stereocenters. The minimum Gasteiger partial charge on any atom is -0.305 e. The second kappa shape index (κ2) is 12.0. The van der Waals surface area contributed by atoms with Crippen LogP contribution in [0.1, 0.15) is 19.4 Å². The number of aromatic nitrogens is 2. The van der Waals surface area contributed by atoms with E-state index in [0.717, 1.165) is 17.5 Å². The molecule has 0 fully saturated rings. The summed E-state index contributed by atoms with van der Waals surface area (Å²) in [6, 6.07) is 36.8. The van der Waals surface area contributed by atoms with Crippen LogP contribution in [0.15, 0.2) is 109 Å². The van der Waals surface area contributed by atoms with Crippen LogP contribution in [0.4, 0.5) is 0 Å². The Bertz CT molecular complexity index is 1420. The van der Waals surface area contributed by atoms with Crippen LogP contribution < -0.4 is 0 Å². The van der Waals surface area contributed by atoms with E-state index < -0.39 is 13.7 Å². The van der Waals surface area contributed by atoms with Crippen LogP contribution in [0.25, 0.3) is 33.6 Å². The first-order chi connectivity index (χ1) is 18.1. The maximum Gasteiger partial charge on any atom is 0.0280 e. The molecule has 0 unspecified atom stereocenters. The summed E-state index contributed by atoms with van der Waals surface area (Å²) < 4.78 is 44.7. The second-order valence-electron chi connectivity index (χ2n) is 6.96. The van der Waals surface area contributed by atoms with E-state index in [2.05, 4.69) is 40.3 Å². The van der Waals surface area contributed by atoms with Gasteiger partial charge in [-0.05, 0) is 47.8 Å². The largest absolute Gasteiger partial charge is 0.305 e. The summed E-state index contributed by atoms with van der Waals surface area (Å²) in [4.78, 5) is 8.45. The average Bonchev–Trinajstić information content (AvgIpc) is 2.94. The van der Waals surface area contributed by atoms with Gasteiger partial charge in [0.1, 0.15) is 0 Å². The zero-order chi connectivity index (χ0) is 27.2.